The molecular weight excluding hydrogens is 532 g/mol. The fraction of sp³-hybridized carbons (Fsp3) is 0.407. The number of nitrogens with one attached hydrogen (secondary N) is 5. The van der Waals surface area contributed by atoms with Crippen molar-refractivity contribution in [2.75, 3.05) is 0 Å². The first-order valence-corrected chi connectivity index (χ1v) is 13.2. The summed E-state index contributed by atoms with van der Waals surface area (Å²) < 4.78 is 0. The molecule has 41 heavy (non-hydrogen) atoms. The fourth-order valence-electron chi connectivity index (χ4n) is 4.22. The van der Waals surface area contributed by atoms with Gasteiger partial charge in [-0.15, -0.1) is 0 Å². The van der Waals surface area contributed by atoms with Crippen LogP contribution in [0.5, 0.6) is 0 Å². The van der Waals surface area contributed by atoms with Crippen LogP contribution in [0, 0.1) is 5.92 Å². The van der Waals surface area contributed by atoms with Crippen molar-refractivity contribution >= 4 is 40.5 Å². The number of imidazole rings is 1. The molecule has 14 heteroatoms. The molecule has 3 aromatic rings. The van der Waals surface area contributed by atoms with Crippen molar-refractivity contribution in [2.24, 2.45) is 17.4 Å². The highest BCUT2D eigenvalue weighted by molar-refractivity contribution is 5.95. The summed E-state index contributed by atoms with van der Waals surface area (Å²) in [6, 6.07) is 2.74. The van der Waals surface area contributed by atoms with E-state index in [0.717, 1.165) is 16.5 Å². The van der Waals surface area contributed by atoms with Crippen LogP contribution in [0.3, 0.4) is 0 Å². The Hall–Kier alpha value is -4.72. The van der Waals surface area contributed by atoms with E-state index in [-0.39, 0.29) is 31.6 Å². The number of hydrogen-bond acceptors (Lipinski definition) is 7. The summed E-state index contributed by atoms with van der Waals surface area (Å²) in [7, 11) is 0. The monoisotopic (exact) mass is 568 g/mol. The third-order valence-corrected chi connectivity index (χ3v) is 6.66. The zero-order chi connectivity index (χ0) is 30.1. The van der Waals surface area contributed by atoms with Crippen LogP contribution >= 0.6 is 0 Å². The molecule has 0 saturated heterocycles. The molecule has 0 saturated carbocycles. The molecule has 4 atom stereocenters. The van der Waals surface area contributed by atoms with Gasteiger partial charge in [-0.1, -0.05) is 32.0 Å². The Morgan fingerprint density at radius 3 is 2.22 bits per heavy atom. The van der Waals surface area contributed by atoms with E-state index in [1.54, 1.807) is 20.0 Å². The second-order valence-electron chi connectivity index (χ2n) is 10.1. The summed E-state index contributed by atoms with van der Waals surface area (Å²) >= 11 is 0. The van der Waals surface area contributed by atoms with Gasteiger partial charge in [0.15, 0.2) is 0 Å². The highest BCUT2D eigenvalue weighted by Gasteiger charge is 2.31. The number of benzene rings is 1. The Morgan fingerprint density at radius 2 is 1.59 bits per heavy atom. The zero-order valence-corrected chi connectivity index (χ0v) is 22.8. The summed E-state index contributed by atoms with van der Waals surface area (Å²) in [5.41, 5.74) is 13.3. The van der Waals surface area contributed by atoms with E-state index in [2.05, 4.69) is 30.9 Å². The maximum atomic E-state index is 13.6. The number of rotatable bonds is 15. The van der Waals surface area contributed by atoms with Crippen LogP contribution in [-0.4, -0.2) is 73.8 Å². The number of fused-ring (bicyclic) bond motifs is 1. The number of nitrogens with two attached hydrogens (primary N) is 2. The molecule has 0 aliphatic heterocycles. The van der Waals surface area contributed by atoms with Crippen molar-refractivity contribution in [3.63, 3.8) is 0 Å². The van der Waals surface area contributed by atoms with Gasteiger partial charge in [-0.2, -0.15) is 0 Å². The molecule has 0 bridgehead atoms. The lowest BCUT2D eigenvalue weighted by atomic mass is 10.0. The van der Waals surface area contributed by atoms with Gasteiger partial charge < -0.3 is 42.5 Å². The number of aromatic amines is 2. The number of amides is 4. The highest BCUT2D eigenvalue weighted by atomic mass is 16.4. The van der Waals surface area contributed by atoms with Crippen LogP contribution in [0.15, 0.2) is 43.0 Å². The molecule has 0 fully saturated rings. The molecule has 4 amide bonds. The average Bonchev–Trinajstić information content (AvgIpc) is 3.59. The maximum absolute atomic E-state index is 13.6. The zero-order valence-electron chi connectivity index (χ0n) is 22.8. The third kappa shape index (κ3) is 8.63. The van der Waals surface area contributed by atoms with E-state index >= 15 is 0 Å². The Bertz CT molecular complexity index is 1370. The third-order valence-electron chi connectivity index (χ3n) is 6.66. The SMILES string of the molecule is CC(C)C(N)C(=O)NC(Cc1c[nH]c2ccccc12)C(=O)NC(CCC(N)=O)C(=O)NC(Cc1cnc[nH]1)C(=O)O. The number of primary amides is 1. The van der Waals surface area contributed by atoms with Crippen LogP contribution in [0.25, 0.3) is 10.9 Å². The maximum Gasteiger partial charge on any atom is 0.326 e. The van der Waals surface area contributed by atoms with Crippen LogP contribution < -0.4 is 27.4 Å². The normalized spacial score (nSPS) is 14.1. The Balaban J connectivity index is 1.83. The lowest BCUT2D eigenvalue weighted by molar-refractivity contribution is -0.142. The van der Waals surface area contributed by atoms with Gasteiger partial charge in [-0.3, -0.25) is 19.2 Å². The Labute approximate surface area is 236 Å². The first-order chi connectivity index (χ1) is 19.5. The van der Waals surface area contributed by atoms with Gasteiger partial charge in [0.25, 0.3) is 0 Å². The molecule has 4 unspecified atom stereocenters. The van der Waals surface area contributed by atoms with Gasteiger partial charge >= 0.3 is 5.97 Å². The predicted octanol–water partition coefficient (Wildman–Crippen LogP) is -0.536. The van der Waals surface area contributed by atoms with Gasteiger partial charge in [0, 0.05) is 48.3 Å². The molecule has 0 spiro atoms. The number of aliphatic carboxylic acids is 1. The topological polar surface area (TPSA) is 238 Å². The van der Waals surface area contributed by atoms with E-state index in [9.17, 15) is 29.1 Å². The van der Waals surface area contributed by atoms with Gasteiger partial charge in [0.2, 0.25) is 23.6 Å². The van der Waals surface area contributed by atoms with Crippen molar-refractivity contribution in [3.8, 4) is 0 Å². The number of H-pyrrole nitrogens is 2. The quantitative estimate of drug-likeness (QED) is 0.118. The molecule has 220 valence electrons. The molecule has 2 aromatic heterocycles. The number of carboxylic acids is 1. The largest absolute Gasteiger partial charge is 0.480 e. The predicted molar refractivity (Wildman–Crippen MR) is 149 cm³/mol. The summed E-state index contributed by atoms with van der Waals surface area (Å²) in [6.07, 6.45) is 4.05. The van der Waals surface area contributed by atoms with Gasteiger partial charge in [-0.25, -0.2) is 9.78 Å². The van der Waals surface area contributed by atoms with Gasteiger partial charge in [0.05, 0.1) is 12.4 Å². The van der Waals surface area contributed by atoms with Crippen molar-refractivity contribution in [1.82, 2.24) is 30.9 Å². The molecular formula is C27H36N8O6. The van der Waals surface area contributed by atoms with Crippen molar-refractivity contribution < 1.29 is 29.1 Å². The average molecular weight is 569 g/mol. The Kier molecular flexibility index (Phi) is 10.6. The minimum Gasteiger partial charge on any atom is -0.480 e. The first kappa shape index (κ1) is 30.8. The lowest BCUT2D eigenvalue weighted by Gasteiger charge is -2.25. The second kappa shape index (κ2) is 14.1. The second-order valence-corrected chi connectivity index (χ2v) is 10.1. The van der Waals surface area contributed by atoms with Crippen molar-refractivity contribution in [1.29, 1.82) is 0 Å². The van der Waals surface area contributed by atoms with Crippen LogP contribution in [0.2, 0.25) is 0 Å². The molecule has 0 aliphatic rings. The number of aromatic nitrogens is 3. The summed E-state index contributed by atoms with van der Waals surface area (Å²) in [6.45, 7) is 3.54. The van der Waals surface area contributed by atoms with Crippen LogP contribution in [0.1, 0.15) is 37.9 Å². The molecule has 0 aliphatic carbocycles. The molecule has 10 N–H and O–H groups in total. The minimum atomic E-state index is -1.35. The van der Waals surface area contributed by atoms with E-state index in [1.807, 2.05) is 24.3 Å². The van der Waals surface area contributed by atoms with Crippen LogP contribution in [-0.2, 0) is 36.8 Å². The van der Waals surface area contributed by atoms with E-state index in [1.165, 1.54) is 12.5 Å². The Morgan fingerprint density at radius 1 is 0.927 bits per heavy atom. The molecule has 1 aromatic carbocycles. The highest BCUT2D eigenvalue weighted by Crippen LogP contribution is 2.19. The van der Waals surface area contributed by atoms with E-state index in [0.29, 0.717) is 5.69 Å². The molecule has 0 radical (unpaired) electrons. The number of carbonyl (C=O) groups is 5. The summed E-state index contributed by atoms with van der Waals surface area (Å²) in [4.78, 5) is 72.7. The molecule has 3 rings (SSSR count). The molecule has 14 nitrogen and oxygen atoms in total. The van der Waals surface area contributed by atoms with Crippen molar-refractivity contribution in [3.05, 3.63) is 54.2 Å². The van der Waals surface area contributed by atoms with E-state index in [4.69, 9.17) is 11.5 Å². The van der Waals surface area contributed by atoms with Crippen LogP contribution in [0.4, 0.5) is 0 Å². The number of carbonyl (C=O) groups excluding carboxylic acids is 4. The lowest BCUT2D eigenvalue weighted by Crippen LogP contribution is -2.58. The smallest absolute Gasteiger partial charge is 0.326 e. The minimum absolute atomic E-state index is 0.0636. The number of para-hydroxylation sites is 1. The number of carboxylic acid groups (broad SMARTS) is 1. The van der Waals surface area contributed by atoms with E-state index < -0.39 is 53.8 Å². The van der Waals surface area contributed by atoms with Gasteiger partial charge in [0.1, 0.15) is 18.1 Å². The fourth-order valence-corrected chi connectivity index (χ4v) is 4.22. The summed E-state index contributed by atoms with van der Waals surface area (Å²) in [5, 5.41) is 18.1. The first-order valence-electron chi connectivity index (χ1n) is 13.2. The van der Waals surface area contributed by atoms with Gasteiger partial charge in [-0.05, 0) is 24.0 Å². The summed E-state index contributed by atoms with van der Waals surface area (Å²) in [5.74, 6) is -4.32. The molecule has 2 heterocycles. The standard InChI is InChI=1S/C27H36N8O6/c1-14(2)23(29)26(39)34-20(9-15-11-31-18-6-4-3-5-17(15)18)25(38)33-19(7-8-22(28)36)24(37)35-21(27(40)41)10-16-12-30-13-32-16/h3-6,11-14,19-21,23,31H,7-10,29H2,1-2H3,(H2,28,36)(H,30,32)(H,33,38)(H,34,39)(H,35,37)(H,40,41). The number of nitrogens with zero attached hydrogens (tertiary/aromatic N) is 1. The van der Waals surface area contributed by atoms with Crippen molar-refractivity contribution in [2.45, 2.75) is 63.7 Å². The number of hydrogen-bond donors (Lipinski definition) is 8.